The molecular weight excluding hydrogens is 368 g/mol. The molecule has 3 atom stereocenters. The normalized spacial score (nSPS) is 24.5. The highest BCUT2D eigenvalue weighted by molar-refractivity contribution is 5.82. The molecule has 1 saturated heterocycles. The summed E-state index contributed by atoms with van der Waals surface area (Å²) in [4.78, 5) is 26.4. The molecule has 3 rings (SSSR count). The van der Waals surface area contributed by atoms with Crippen LogP contribution in [0.5, 0.6) is 5.75 Å². The van der Waals surface area contributed by atoms with E-state index >= 15 is 0 Å². The zero-order valence-corrected chi connectivity index (χ0v) is 17.6. The first kappa shape index (κ1) is 21.2. The number of hydrogen-bond acceptors (Lipinski definition) is 4. The van der Waals surface area contributed by atoms with Crippen LogP contribution in [0.1, 0.15) is 44.2 Å². The molecule has 0 radical (unpaired) electrons. The van der Waals surface area contributed by atoms with E-state index in [0.717, 1.165) is 36.0 Å². The molecule has 29 heavy (non-hydrogen) atoms. The Labute approximate surface area is 172 Å². The first-order chi connectivity index (χ1) is 13.7. The molecule has 0 spiro atoms. The standard InChI is InChI=1S/C23H32N2O4/c1-14(2)19-7-5-15(3)9-21(19)29-23(28)25-12-18(13-25)22(27)24-11-17-6-8-20(26)16(4)10-17/h6,8,10,15,18-19,21,26H,1,5,7,9,11-13H2,2-4H3,(H,24,27)/t15-,19+,21-/m1/s1. The van der Waals surface area contributed by atoms with Crippen molar-refractivity contribution in [2.75, 3.05) is 13.1 Å². The van der Waals surface area contributed by atoms with Crippen LogP contribution < -0.4 is 5.32 Å². The highest BCUT2D eigenvalue weighted by atomic mass is 16.6. The Morgan fingerprint density at radius 3 is 2.69 bits per heavy atom. The maximum atomic E-state index is 12.5. The smallest absolute Gasteiger partial charge is 0.410 e. The lowest BCUT2D eigenvalue weighted by Gasteiger charge is -2.40. The van der Waals surface area contributed by atoms with Gasteiger partial charge in [0, 0.05) is 25.6 Å². The van der Waals surface area contributed by atoms with Crippen molar-refractivity contribution >= 4 is 12.0 Å². The Morgan fingerprint density at radius 1 is 1.31 bits per heavy atom. The Balaban J connectivity index is 1.44. The van der Waals surface area contributed by atoms with Crippen LogP contribution in [0.15, 0.2) is 30.4 Å². The number of aryl methyl sites for hydroxylation is 1. The van der Waals surface area contributed by atoms with Crippen molar-refractivity contribution in [1.29, 1.82) is 0 Å². The number of amides is 2. The van der Waals surface area contributed by atoms with E-state index in [0.29, 0.717) is 25.6 Å². The predicted molar refractivity (Wildman–Crippen MR) is 111 cm³/mol. The van der Waals surface area contributed by atoms with Crippen LogP contribution in [-0.2, 0) is 16.1 Å². The number of nitrogens with one attached hydrogen (secondary N) is 1. The van der Waals surface area contributed by atoms with Crippen molar-refractivity contribution in [1.82, 2.24) is 10.2 Å². The van der Waals surface area contributed by atoms with Crippen LogP contribution in [0.2, 0.25) is 0 Å². The third kappa shape index (κ3) is 5.11. The topological polar surface area (TPSA) is 78.9 Å². The molecule has 2 N–H and O–H groups in total. The number of ether oxygens (including phenoxy) is 1. The largest absolute Gasteiger partial charge is 0.508 e. The van der Waals surface area contributed by atoms with Crippen LogP contribution >= 0.6 is 0 Å². The van der Waals surface area contributed by atoms with Crippen LogP contribution in [0.25, 0.3) is 0 Å². The van der Waals surface area contributed by atoms with Gasteiger partial charge in [-0.3, -0.25) is 4.79 Å². The maximum Gasteiger partial charge on any atom is 0.410 e. The van der Waals surface area contributed by atoms with Gasteiger partial charge in [-0.15, -0.1) is 0 Å². The zero-order valence-electron chi connectivity index (χ0n) is 17.6. The lowest BCUT2D eigenvalue weighted by atomic mass is 9.78. The summed E-state index contributed by atoms with van der Waals surface area (Å²) in [6, 6.07) is 5.27. The van der Waals surface area contributed by atoms with Gasteiger partial charge in [-0.2, -0.15) is 0 Å². The van der Waals surface area contributed by atoms with E-state index < -0.39 is 0 Å². The van der Waals surface area contributed by atoms with Gasteiger partial charge in [-0.05, 0) is 56.2 Å². The maximum absolute atomic E-state index is 12.5. The first-order valence-corrected chi connectivity index (χ1v) is 10.4. The molecule has 2 fully saturated rings. The number of likely N-dealkylation sites (tertiary alicyclic amines) is 1. The van der Waals surface area contributed by atoms with Gasteiger partial charge in [-0.1, -0.05) is 31.2 Å². The molecule has 1 aliphatic heterocycles. The summed E-state index contributed by atoms with van der Waals surface area (Å²) >= 11 is 0. The van der Waals surface area contributed by atoms with Gasteiger partial charge in [0.2, 0.25) is 5.91 Å². The fraction of sp³-hybridized carbons (Fsp3) is 0.565. The summed E-state index contributed by atoms with van der Waals surface area (Å²) in [6.45, 7) is 11.3. The van der Waals surface area contributed by atoms with E-state index in [-0.39, 0.29) is 35.7 Å². The van der Waals surface area contributed by atoms with Gasteiger partial charge in [0.15, 0.2) is 0 Å². The molecule has 1 aromatic rings. The summed E-state index contributed by atoms with van der Waals surface area (Å²) in [7, 11) is 0. The minimum absolute atomic E-state index is 0.0640. The molecule has 6 nitrogen and oxygen atoms in total. The van der Waals surface area contributed by atoms with Gasteiger partial charge in [0.25, 0.3) is 0 Å². The highest BCUT2D eigenvalue weighted by Crippen LogP contribution is 2.35. The minimum Gasteiger partial charge on any atom is -0.508 e. The molecule has 2 amide bonds. The number of rotatable bonds is 5. The third-order valence-electron chi connectivity index (χ3n) is 6.18. The second kappa shape index (κ2) is 8.89. The molecule has 0 aromatic heterocycles. The van der Waals surface area contributed by atoms with Gasteiger partial charge in [0.05, 0.1) is 5.92 Å². The fourth-order valence-electron chi connectivity index (χ4n) is 4.18. The highest BCUT2D eigenvalue weighted by Gasteiger charge is 2.39. The molecule has 6 heteroatoms. The van der Waals surface area contributed by atoms with E-state index in [1.165, 1.54) is 0 Å². The monoisotopic (exact) mass is 400 g/mol. The molecule has 158 valence electrons. The summed E-state index contributed by atoms with van der Waals surface area (Å²) in [5.41, 5.74) is 2.78. The Kier molecular flexibility index (Phi) is 6.50. The van der Waals surface area contributed by atoms with Crippen LogP contribution in [0.4, 0.5) is 4.79 Å². The number of benzene rings is 1. The fourth-order valence-corrected chi connectivity index (χ4v) is 4.18. The molecular formula is C23H32N2O4. The molecule has 0 bridgehead atoms. The van der Waals surface area contributed by atoms with Crippen molar-refractivity contribution < 1.29 is 19.4 Å². The number of nitrogens with zero attached hydrogens (tertiary/aromatic N) is 1. The van der Waals surface area contributed by atoms with E-state index in [1.54, 1.807) is 17.0 Å². The van der Waals surface area contributed by atoms with E-state index in [1.807, 2.05) is 19.9 Å². The van der Waals surface area contributed by atoms with E-state index in [2.05, 4.69) is 18.8 Å². The summed E-state index contributed by atoms with van der Waals surface area (Å²) < 4.78 is 5.79. The SMILES string of the molecule is C=C(C)[C@@H]1CC[C@@H](C)C[C@H]1OC(=O)N1CC(C(=O)NCc2ccc(O)c(C)c2)C1. The van der Waals surface area contributed by atoms with Crippen molar-refractivity contribution in [3.8, 4) is 5.75 Å². The molecule has 1 aromatic carbocycles. The summed E-state index contributed by atoms with van der Waals surface area (Å²) in [6.07, 6.45) is 2.57. The molecule has 1 saturated carbocycles. The second-order valence-corrected chi connectivity index (χ2v) is 8.73. The number of aromatic hydroxyl groups is 1. The van der Waals surface area contributed by atoms with Crippen molar-refractivity contribution in [3.63, 3.8) is 0 Å². The Bertz CT molecular complexity index is 785. The zero-order chi connectivity index (χ0) is 21.1. The van der Waals surface area contributed by atoms with Gasteiger partial charge in [0.1, 0.15) is 11.9 Å². The van der Waals surface area contributed by atoms with Crippen LogP contribution in [0.3, 0.4) is 0 Å². The molecule has 0 unspecified atom stereocenters. The Hall–Kier alpha value is -2.50. The number of phenols is 1. The third-order valence-corrected chi connectivity index (χ3v) is 6.18. The van der Waals surface area contributed by atoms with Crippen LogP contribution in [0, 0.1) is 24.7 Å². The average molecular weight is 401 g/mol. The van der Waals surface area contributed by atoms with Gasteiger partial charge >= 0.3 is 6.09 Å². The summed E-state index contributed by atoms with van der Waals surface area (Å²) in [5, 5.41) is 12.5. The quantitative estimate of drug-likeness (QED) is 0.738. The van der Waals surface area contributed by atoms with E-state index in [9.17, 15) is 14.7 Å². The predicted octanol–water partition coefficient (Wildman–Crippen LogP) is 3.77. The van der Waals surface area contributed by atoms with Gasteiger partial charge < -0.3 is 20.1 Å². The number of hydrogen-bond donors (Lipinski definition) is 2. The Morgan fingerprint density at radius 2 is 2.03 bits per heavy atom. The van der Waals surface area contributed by atoms with Crippen molar-refractivity contribution in [3.05, 3.63) is 41.5 Å². The lowest BCUT2D eigenvalue weighted by Crippen LogP contribution is -2.56. The lowest BCUT2D eigenvalue weighted by molar-refractivity contribution is -0.129. The van der Waals surface area contributed by atoms with Crippen molar-refractivity contribution in [2.24, 2.45) is 17.8 Å². The average Bonchev–Trinajstić information content (AvgIpc) is 2.61. The first-order valence-electron chi connectivity index (χ1n) is 10.4. The molecule has 2 aliphatic rings. The van der Waals surface area contributed by atoms with Crippen molar-refractivity contribution in [2.45, 2.75) is 52.7 Å². The van der Waals surface area contributed by atoms with Crippen LogP contribution in [-0.4, -0.2) is 41.2 Å². The second-order valence-electron chi connectivity index (χ2n) is 8.73. The van der Waals surface area contributed by atoms with E-state index in [4.69, 9.17) is 4.74 Å². The minimum atomic E-state index is -0.325. The molecule has 1 heterocycles. The number of phenolic OH excluding ortho intramolecular Hbond substituents is 1. The van der Waals surface area contributed by atoms with Gasteiger partial charge in [-0.25, -0.2) is 4.79 Å². The number of carbonyl (C=O) groups is 2. The number of carbonyl (C=O) groups excluding carboxylic acids is 2. The molecule has 1 aliphatic carbocycles. The summed E-state index contributed by atoms with van der Waals surface area (Å²) in [5.74, 6) is 0.745.